The van der Waals surface area contributed by atoms with Crippen molar-refractivity contribution < 1.29 is 9.53 Å². The van der Waals surface area contributed by atoms with Crippen LogP contribution in [-0.2, 0) is 16.0 Å². The maximum absolute atomic E-state index is 13.1. The molecule has 1 aromatic heterocycles. The molecule has 25 heavy (non-hydrogen) atoms. The summed E-state index contributed by atoms with van der Waals surface area (Å²) in [4.78, 5) is 30.4. The third-order valence-corrected chi connectivity index (χ3v) is 6.23. The Morgan fingerprint density at radius 3 is 2.72 bits per heavy atom. The van der Waals surface area contributed by atoms with Gasteiger partial charge in [0, 0.05) is 11.7 Å². The first-order valence-corrected chi connectivity index (χ1v) is 9.80. The van der Waals surface area contributed by atoms with E-state index in [-0.39, 0.29) is 11.5 Å². The number of aromatic nitrogens is 2. The molecule has 0 N–H and O–H groups in total. The standard InChI is InChI=1S/C18H20N2O3S2/c1-10-5-7-13(8-6-10)20-16(21)15-14(9-11(2)24-15)19-18(20)25-12(3)17(22)23-4/h5-8,11-12H,9H2,1-4H3/t11-,12-/m0/s1. The van der Waals surface area contributed by atoms with Gasteiger partial charge in [-0.2, -0.15) is 0 Å². The Kier molecular flexibility index (Phi) is 5.24. The van der Waals surface area contributed by atoms with Crippen LogP contribution in [0.3, 0.4) is 0 Å². The second-order valence-corrected chi connectivity index (χ2v) is 8.82. The van der Waals surface area contributed by atoms with Gasteiger partial charge in [-0.05, 0) is 26.0 Å². The molecule has 2 heterocycles. The van der Waals surface area contributed by atoms with Crippen LogP contribution in [0.4, 0.5) is 0 Å². The van der Waals surface area contributed by atoms with E-state index in [0.29, 0.717) is 15.3 Å². The Labute approximate surface area is 155 Å². The molecule has 0 spiro atoms. The average Bonchev–Trinajstić information content (AvgIpc) is 2.96. The van der Waals surface area contributed by atoms with E-state index in [9.17, 15) is 9.59 Å². The van der Waals surface area contributed by atoms with Gasteiger partial charge in [-0.3, -0.25) is 14.2 Å². The number of fused-ring (bicyclic) bond motifs is 1. The first-order chi connectivity index (χ1) is 11.9. The second-order valence-electron chi connectivity index (χ2n) is 6.06. The summed E-state index contributed by atoms with van der Waals surface area (Å²) in [5.41, 5.74) is 2.63. The van der Waals surface area contributed by atoms with Gasteiger partial charge in [0.05, 0.1) is 23.4 Å². The minimum atomic E-state index is -0.446. The summed E-state index contributed by atoms with van der Waals surface area (Å²) in [6.45, 7) is 5.85. The summed E-state index contributed by atoms with van der Waals surface area (Å²) in [7, 11) is 1.36. The Bertz CT molecular complexity index is 862. The number of hydrogen-bond donors (Lipinski definition) is 0. The largest absolute Gasteiger partial charge is 0.468 e. The SMILES string of the molecule is COC(=O)[C@H](C)Sc1nc2c(c(=O)n1-c1ccc(C)cc1)S[C@@H](C)C2. The predicted molar refractivity (Wildman–Crippen MR) is 101 cm³/mol. The molecule has 1 aliphatic rings. The number of ether oxygens (including phenoxy) is 1. The number of benzene rings is 1. The first kappa shape index (κ1) is 18.1. The summed E-state index contributed by atoms with van der Waals surface area (Å²) in [6, 6.07) is 7.73. The van der Waals surface area contributed by atoms with E-state index >= 15 is 0 Å². The van der Waals surface area contributed by atoms with Crippen LogP contribution >= 0.6 is 23.5 Å². The zero-order chi connectivity index (χ0) is 18.1. The molecule has 0 fully saturated rings. The Hall–Kier alpha value is -1.73. The lowest BCUT2D eigenvalue weighted by Crippen LogP contribution is -2.25. The molecule has 7 heteroatoms. The minimum absolute atomic E-state index is 0.0669. The number of esters is 1. The van der Waals surface area contributed by atoms with Crippen LogP contribution in [0.2, 0.25) is 0 Å². The number of hydrogen-bond acceptors (Lipinski definition) is 6. The molecule has 0 amide bonds. The zero-order valence-corrected chi connectivity index (χ0v) is 16.2. The molecule has 0 aliphatic carbocycles. The van der Waals surface area contributed by atoms with E-state index in [2.05, 4.69) is 6.92 Å². The van der Waals surface area contributed by atoms with Gasteiger partial charge in [-0.15, -0.1) is 11.8 Å². The van der Waals surface area contributed by atoms with Gasteiger partial charge < -0.3 is 4.74 Å². The lowest BCUT2D eigenvalue weighted by molar-refractivity contribution is -0.139. The molecule has 0 saturated carbocycles. The summed E-state index contributed by atoms with van der Waals surface area (Å²) >= 11 is 2.82. The second kappa shape index (κ2) is 7.25. The van der Waals surface area contributed by atoms with E-state index in [1.807, 2.05) is 31.2 Å². The number of methoxy groups -OCH3 is 1. The van der Waals surface area contributed by atoms with Gasteiger partial charge in [0.15, 0.2) is 5.16 Å². The minimum Gasteiger partial charge on any atom is -0.468 e. The van der Waals surface area contributed by atoms with Crippen molar-refractivity contribution >= 4 is 29.5 Å². The van der Waals surface area contributed by atoms with Crippen LogP contribution in [-0.4, -0.2) is 33.1 Å². The van der Waals surface area contributed by atoms with Crippen LogP contribution in [0.1, 0.15) is 25.1 Å². The Balaban J connectivity index is 2.13. The van der Waals surface area contributed by atoms with Gasteiger partial charge in [0.2, 0.25) is 0 Å². The van der Waals surface area contributed by atoms with Gasteiger partial charge >= 0.3 is 5.97 Å². The quantitative estimate of drug-likeness (QED) is 0.464. The number of rotatable bonds is 4. The van der Waals surface area contributed by atoms with Crippen molar-refractivity contribution in [3.63, 3.8) is 0 Å². The first-order valence-electron chi connectivity index (χ1n) is 8.04. The zero-order valence-electron chi connectivity index (χ0n) is 14.6. The van der Waals surface area contributed by atoms with Gasteiger partial charge in [-0.25, -0.2) is 4.98 Å². The van der Waals surface area contributed by atoms with Crippen molar-refractivity contribution in [1.82, 2.24) is 9.55 Å². The summed E-state index contributed by atoms with van der Waals surface area (Å²) in [5, 5.41) is 0.415. The maximum Gasteiger partial charge on any atom is 0.318 e. The van der Waals surface area contributed by atoms with Gasteiger partial charge in [0.1, 0.15) is 5.25 Å². The molecule has 1 aliphatic heterocycles. The van der Waals surface area contributed by atoms with Crippen molar-refractivity contribution in [2.75, 3.05) is 7.11 Å². The lowest BCUT2D eigenvalue weighted by Gasteiger charge is -2.16. The fourth-order valence-corrected chi connectivity index (χ4v) is 4.74. The molecule has 1 aromatic carbocycles. The topological polar surface area (TPSA) is 61.2 Å². The third-order valence-electron chi connectivity index (χ3n) is 3.99. The highest BCUT2D eigenvalue weighted by Gasteiger charge is 2.28. The van der Waals surface area contributed by atoms with Crippen molar-refractivity contribution in [3.8, 4) is 5.69 Å². The van der Waals surface area contributed by atoms with Crippen LogP contribution in [0, 0.1) is 6.92 Å². The number of carbonyl (C=O) groups excluding carboxylic acids is 1. The highest BCUT2D eigenvalue weighted by molar-refractivity contribution is 8.00. The number of aryl methyl sites for hydroxylation is 1. The monoisotopic (exact) mass is 376 g/mol. The fourth-order valence-electron chi connectivity index (χ4n) is 2.67. The van der Waals surface area contributed by atoms with Crippen LogP contribution in [0.25, 0.3) is 5.69 Å². The molecule has 5 nitrogen and oxygen atoms in total. The van der Waals surface area contributed by atoms with Crippen molar-refractivity contribution in [2.24, 2.45) is 0 Å². The summed E-state index contributed by atoms with van der Waals surface area (Å²) in [6.07, 6.45) is 0.768. The lowest BCUT2D eigenvalue weighted by atomic mass is 10.2. The molecule has 0 bridgehead atoms. The van der Waals surface area contributed by atoms with E-state index in [1.165, 1.54) is 18.9 Å². The molecule has 2 atom stereocenters. The predicted octanol–water partition coefficient (Wildman–Crippen LogP) is 3.23. The fraction of sp³-hybridized carbons (Fsp3) is 0.389. The smallest absolute Gasteiger partial charge is 0.318 e. The molecule has 0 unspecified atom stereocenters. The molecule has 132 valence electrons. The molecule has 0 radical (unpaired) electrons. The van der Waals surface area contributed by atoms with E-state index in [4.69, 9.17) is 9.72 Å². The van der Waals surface area contributed by atoms with Crippen LogP contribution in [0.15, 0.2) is 39.1 Å². The highest BCUT2D eigenvalue weighted by Crippen LogP contribution is 2.35. The highest BCUT2D eigenvalue weighted by atomic mass is 32.2. The number of nitrogens with zero attached hydrogens (tertiary/aromatic N) is 2. The van der Waals surface area contributed by atoms with Crippen LogP contribution < -0.4 is 5.56 Å². The average molecular weight is 377 g/mol. The number of carbonyl (C=O) groups is 1. The Morgan fingerprint density at radius 2 is 2.08 bits per heavy atom. The molecular formula is C18H20N2O3S2. The summed E-state index contributed by atoms with van der Waals surface area (Å²) in [5.74, 6) is -0.335. The molecular weight excluding hydrogens is 356 g/mol. The van der Waals surface area contributed by atoms with E-state index in [1.54, 1.807) is 23.3 Å². The molecule has 2 aromatic rings. The van der Waals surface area contributed by atoms with E-state index < -0.39 is 5.25 Å². The molecule has 0 saturated heterocycles. The normalized spacial score (nSPS) is 17.2. The maximum atomic E-state index is 13.1. The van der Waals surface area contributed by atoms with Gasteiger partial charge in [-0.1, -0.05) is 36.4 Å². The van der Waals surface area contributed by atoms with Crippen molar-refractivity contribution in [2.45, 2.75) is 47.7 Å². The summed E-state index contributed by atoms with van der Waals surface area (Å²) < 4.78 is 6.41. The van der Waals surface area contributed by atoms with Crippen molar-refractivity contribution in [1.29, 1.82) is 0 Å². The Morgan fingerprint density at radius 1 is 1.40 bits per heavy atom. The van der Waals surface area contributed by atoms with Gasteiger partial charge in [0.25, 0.3) is 5.56 Å². The number of thioether (sulfide) groups is 2. The third kappa shape index (κ3) is 3.62. The van der Waals surface area contributed by atoms with Crippen LogP contribution in [0.5, 0.6) is 0 Å². The van der Waals surface area contributed by atoms with E-state index in [0.717, 1.165) is 23.4 Å². The molecule has 3 rings (SSSR count). The van der Waals surface area contributed by atoms with Crippen molar-refractivity contribution in [3.05, 3.63) is 45.9 Å².